The number of nitrogens with one attached hydrogen (secondary N) is 1. The summed E-state index contributed by atoms with van der Waals surface area (Å²) < 4.78 is 1.72. The summed E-state index contributed by atoms with van der Waals surface area (Å²) in [5.41, 5.74) is 3.38. The first-order chi connectivity index (χ1) is 13.4. The van der Waals surface area contributed by atoms with Crippen molar-refractivity contribution in [2.75, 3.05) is 23.3 Å². The zero-order chi connectivity index (χ0) is 20.1. The summed E-state index contributed by atoms with van der Waals surface area (Å²) in [6.07, 6.45) is 7.50. The van der Waals surface area contributed by atoms with Crippen LogP contribution in [0.25, 0.3) is 5.57 Å². The standard InChI is InChI=1S/C21H26N6O/c1-15(2)12-22-13-16(3)17-8-7-9-18(23-17)21(28)24-19-14-26(4)25-20(19)27-10-5-6-11-27/h7-9,12-14H,3,5-6,10-11H2,1-2,4H3,(H,24,28). The van der Waals surface area contributed by atoms with E-state index < -0.39 is 0 Å². The molecular formula is C21H26N6O. The van der Waals surface area contributed by atoms with Crippen molar-refractivity contribution in [1.29, 1.82) is 0 Å². The first-order valence-corrected chi connectivity index (χ1v) is 9.37. The van der Waals surface area contributed by atoms with Crippen LogP contribution in [0.4, 0.5) is 11.5 Å². The molecule has 0 spiro atoms. The van der Waals surface area contributed by atoms with E-state index in [4.69, 9.17) is 0 Å². The predicted octanol–water partition coefficient (Wildman–Crippen LogP) is 3.68. The zero-order valence-corrected chi connectivity index (χ0v) is 16.6. The topological polar surface area (TPSA) is 75.4 Å². The Hall–Kier alpha value is -3.22. The van der Waals surface area contributed by atoms with Gasteiger partial charge < -0.3 is 10.2 Å². The molecule has 0 unspecified atom stereocenters. The lowest BCUT2D eigenvalue weighted by Crippen LogP contribution is -2.21. The quantitative estimate of drug-likeness (QED) is 0.778. The van der Waals surface area contributed by atoms with E-state index in [-0.39, 0.29) is 5.91 Å². The van der Waals surface area contributed by atoms with Gasteiger partial charge >= 0.3 is 0 Å². The van der Waals surface area contributed by atoms with Gasteiger partial charge in [0.15, 0.2) is 5.82 Å². The first kappa shape index (κ1) is 19.5. The number of nitrogens with zero attached hydrogens (tertiary/aromatic N) is 5. The van der Waals surface area contributed by atoms with E-state index in [9.17, 15) is 4.79 Å². The number of aryl methyl sites for hydroxylation is 1. The van der Waals surface area contributed by atoms with E-state index in [1.807, 2.05) is 33.2 Å². The fourth-order valence-electron chi connectivity index (χ4n) is 3.00. The SMILES string of the molecule is C=C(C=NC=C(C)C)c1cccc(C(=O)Nc2cn(C)nc2N2CCCC2)n1. The maximum Gasteiger partial charge on any atom is 0.274 e. The lowest BCUT2D eigenvalue weighted by atomic mass is 10.2. The van der Waals surface area contributed by atoms with Gasteiger partial charge in [-0.15, -0.1) is 0 Å². The average molecular weight is 378 g/mol. The summed E-state index contributed by atoms with van der Waals surface area (Å²) in [7, 11) is 1.85. The molecule has 7 nitrogen and oxygen atoms in total. The second kappa shape index (κ2) is 8.65. The molecule has 0 saturated carbocycles. The molecule has 1 saturated heterocycles. The number of carbonyl (C=O) groups excluding carboxylic acids is 1. The number of hydrogen-bond acceptors (Lipinski definition) is 5. The molecular weight excluding hydrogens is 352 g/mol. The molecule has 0 bridgehead atoms. The number of amides is 1. The molecule has 0 atom stereocenters. The van der Waals surface area contributed by atoms with Crippen LogP contribution in [0.3, 0.4) is 0 Å². The molecule has 28 heavy (non-hydrogen) atoms. The van der Waals surface area contributed by atoms with Crippen molar-refractivity contribution in [3.05, 3.63) is 54.1 Å². The Balaban J connectivity index is 1.76. The molecule has 1 amide bonds. The number of carbonyl (C=O) groups is 1. The highest BCUT2D eigenvalue weighted by Crippen LogP contribution is 2.27. The van der Waals surface area contributed by atoms with E-state index >= 15 is 0 Å². The van der Waals surface area contributed by atoms with Crippen LogP contribution in [0.1, 0.15) is 42.9 Å². The van der Waals surface area contributed by atoms with Gasteiger partial charge in [-0.05, 0) is 38.8 Å². The monoisotopic (exact) mass is 378 g/mol. The molecule has 3 heterocycles. The molecule has 1 aliphatic rings. The normalized spacial score (nSPS) is 13.8. The minimum Gasteiger partial charge on any atom is -0.353 e. The van der Waals surface area contributed by atoms with Gasteiger partial charge in [0.05, 0.1) is 11.9 Å². The molecule has 2 aromatic heterocycles. The van der Waals surface area contributed by atoms with Crippen LogP contribution >= 0.6 is 0 Å². The number of allylic oxidation sites excluding steroid dienone is 2. The number of aromatic nitrogens is 3. The molecule has 7 heteroatoms. The first-order valence-electron chi connectivity index (χ1n) is 9.37. The minimum atomic E-state index is -0.274. The number of rotatable bonds is 6. The number of pyridine rings is 1. The van der Waals surface area contributed by atoms with Crippen molar-refractivity contribution in [3.63, 3.8) is 0 Å². The van der Waals surface area contributed by atoms with Gasteiger partial charge in [0, 0.05) is 38.1 Å². The van der Waals surface area contributed by atoms with Gasteiger partial charge in [-0.2, -0.15) is 5.10 Å². The van der Waals surface area contributed by atoms with Crippen molar-refractivity contribution in [3.8, 4) is 0 Å². The summed E-state index contributed by atoms with van der Waals surface area (Å²) in [6.45, 7) is 9.84. The lowest BCUT2D eigenvalue weighted by Gasteiger charge is -2.16. The van der Waals surface area contributed by atoms with Gasteiger partial charge in [-0.1, -0.05) is 18.2 Å². The van der Waals surface area contributed by atoms with Crippen LogP contribution in [0.15, 0.2) is 47.7 Å². The highest BCUT2D eigenvalue weighted by atomic mass is 16.1. The van der Waals surface area contributed by atoms with Crippen molar-refractivity contribution < 1.29 is 4.79 Å². The van der Waals surface area contributed by atoms with Gasteiger partial charge in [0.25, 0.3) is 5.91 Å². The number of hydrogen-bond donors (Lipinski definition) is 1. The smallest absolute Gasteiger partial charge is 0.274 e. The van der Waals surface area contributed by atoms with Crippen LogP contribution in [0.2, 0.25) is 0 Å². The third-order valence-electron chi connectivity index (χ3n) is 4.34. The summed E-state index contributed by atoms with van der Waals surface area (Å²) in [6, 6.07) is 5.29. The molecule has 0 aromatic carbocycles. The van der Waals surface area contributed by atoms with Gasteiger partial charge in [-0.25, -0.2) is 4.98 Å². The summed E-state index contributed by atoms with van der Waals surface area (Å²) in [5.74, 6) is 0.534. The molecule has 146 valence electrons. The second-order valence-electron chi connectivity index (χ2n) is 7.11. The third-order valence-corrected chi connectivity index (χ3v) is 4.34. The maximum absolute atomic E-state index is 12.8. The fraction of sp³-hybridized carbons (Fsp3) is 0.333. The molecule has 2 aromatic rings. The number of aliphatic imine (C=N–C) groups is 1. The van der Waals surface area contributed by atoms with Crippen molar-refractivity contribution in [2.24, 2.45) is 12.0 Å². The Bertz CT molecular complexity index is 930. The van der Waals surface area contributed by atoms with Crippen LogP contribution in [0.5, 0.6) is 0 Å². The van der Waals surface area contributed by atoms with E-state index in [1.54, 1.807) is 29.2 Å². The van der Waals surface area contributed by atoms with Crippen LogP contribution in [-0.4, -0.2) is 40.0 Å². The van der Waals surface area contributed by atoms with Gasteiger partial charge in [0.2, 0.25) is 0 Å². The zero-order valence-electron chi connectivity index (χ0n) is 16.6. The van der Waals surface area contributed by atoms with E-state index in [0.717, 1.165) is 37.3 Å². The molecule has 0 radical (unpaired) electrons. The van der Waals surface area contributed by atoms with Crippen molar-refractivity contribution in [1.82, 2.24) is 14.8 Å². The molecule has 1 aliphatic heterocycles. The Morgan fingerprint density at radius 3 is 2.68 bits per heavy atom. The Kier molecular flexibility index (Phi) is 6.03. The van der Waals surface area contributed by atoms with Crippen LogP contribution in [0, 0.1) is 0 Å². The fourth-order valence-corrected chi connectivity index (χ4v) is 3.00. The highest BCUT2D eigenvalue weighted by molar-refractivity contribution is 6.09. The van der Waals surface area contributed by atoms with E-state index in [1.165, 1.54) is 0 Å². The molecule has 0 aliphatic carbocycles. The van der Waals surface area contributed by atoms with Crippen LogP contribution in [-0.2, 0) is 7.05 Å². The second-order valence-corrected chi connectivity index (χ2v) is 7.11. The van der Waals surface area contributed by atoms with Crippen molar-refractivity contribution in [2.45, 2.75) is 26.7 Å². The summed E-state index contributed by atoms with van der Waals surface area (Å²) >= 11 is 0. The Morgan fingerprint density at radius 2 is 1.96 bits per heavy atom. The number of anilines is 2. The minimum absolute atomic E-state index is 0.274. The highest BCUT2D eigenvalue weighted by Gasteiger charge is 2.21. The molecule has 3 rings (SSSR count). The van der Waals surface area contributed by atoms with E-state index in [0.29, 0.717) is 22.6 Å². The maximum atomic E-state index is 12.8. The third kappa shape index (κ3) is 4.73. The predicted molar refractivity (Wildman–Crippen MR) is 114 cm³/mol. The summed E-state index contributed by atoms with van der Waals surface area (Å²) in [4.78, 5) is 23.6. The van der Waals surface area contributed by atoms with Crippen molar-refractivity contribution >= 4 is 29.2 Å². The lowest BCUT2D eigenvalue weighted by molar-refractivity contribution is 0.102. The van der Waals surface area contributed by atoms with Gasteiger partial charge in [-0.3, -0.25) is 14.5 Å². The molecule has 1 N–H and O–H groups in total. The average Bonchev–Trinajstić information content (AvgIpc) is 3.31. The van der Waals surface area contributed by atoms with Gasteiger partial charge in [0.1, 0.15) is 11.4 Å². The molecule has 1 fully saturated rings. The van der Waals surface area contributed by atoms with Crippen LogP contribution < -0.4 is 10.2 Å². The Morgan fingerprint density at radius 1 is 1.25 bits per heavy atom. The van der Waals surface area contributed by atoms with E-state index in [2.05, 4.69) is 31.9 Å². The summed E-state index contributed by atoms with van der Waals surface area (Å²) in [5, 5.41) is 7.45. The largest absolute Gasteiger partial charge is 0.353 e. The Labute approximate surface area is 165 Å².